The molecular weight excluding hydrogens is 271 g/mol. The van der Waals surface area contributed by atoms with Gasteiger partial charge in [-0.2, -0.15) is 0 Å². The zero-order valence-corrected chi connectivity index (χ0v) is 11.9. The monoisotopic (exact) mass is 290 g/mol. The van der Waals surface area contributed by atoms with Crippen molar-refractivity contribution in [2.75, 3.05) is 40.4 Å². The summed E-state index contributed by atoms with van der Waals surface area (Å²) in [6.45, 7) is 1.82. The summed E-state index contributed by atoms with van der Waals surface area (Å²) in [7, 11) is 0.275. The number of rotatable bonds is 8. The summed E-state index contributed by atoms with van der Waals surface area (Å²) in [5, 5.41) is 0. The predicted molar refractivity (Wildman–Crippen MR) is 71.0 cm³/mol. The topological polar surface area (TPSA) is 58.6 Å². The average molecular weight is 290 g/mol. The molecule has 1 aromatic rings. The van der Waals surface area contributed by atoms with E-state index in [1.54, 1.807) is 0 Å². The van der Waals surface area contributed by atoms with Crippen LogP contribution in [0, 0.1) is 5.82 Å². The fourth-order valence-corrected chi connectivity index (χ4v) is 2.31. The molecule has 0 atom stereocenters. The van der Waals surface area contributed by atoms with Crippen LogP contribution in [-0.2, 0) is 14.8 Å². The fourth-order valence-electron chi connectivity index (χ4n) is 1.29. The molecule has 7 heteroatoms. The summed E-state index contributed by atoms with van der Waals surface area (Å²) in [6.07, 6.45) is 0. The molecular formula is C12H19FN2O3S. The number of likely N-dealkylation sites (N-methyl/N-ethyl adjacent to an activating group) is 1. The lowest BCUT2D eigenvalue weighted by molar-refractivity contribution is 0.122. The molecule has 1 N–H and O–H groups in total. The largest absolute Gasteiger partial charge is 0.379 e. The molecule has 0 saturated heterocycles. The lowest BCUT2D eigenvalue weighted by Gasteiger charge is -2.10. The maximum atomic E-state index is 12.7. The number of halogens is 1. The Bertz CT molecular complexity index is 474. The minimum atomic E-state index is -3.59. The summed E-state index contributed by atoms with van der Waals surface area (Å²) in [5.41, 5.74) is 0. The smallest absolute Gasteiger partial charge is 0.240 e. The van der Waals surface area contributed by atoms with E-state index in [2.05, 4.69) is 4.72 Å². The van der Waals surface area contributed by atoms with E-state index in [9.17, 15) is 12.8 Å². The molecule has 108 valence electrons. The van der Waals surface area contributed by atoms with Gasteiger partial charge < -0.3 is 9.64 Å². The van der Waals surface area contributed by atoms with Gasteiger partial charge in [0, 0.05) is 13.1 Å². The third-order valence-electron chi connectivity index (χ3n) is 2.35. The van der Waals surface area contributed by atoms with Gasteiger partial charge in [-0.25, -0.2) is 17.5 Å². The lowest BCUT2D eigenvalue weighted by atomic mass is 10.4. The number of hydrogen-bond donors (Lipinski definition) is 1. The maximum Gasteiger partial charge on any atom is 0.240 e. The molecule has 0 spiro atoms. The van der Waals surface area contributed by atoms with Gasteiger partial charge in [0.2, 0.25) is 10.0 Å². The van der Waals surface area contributed by atoms with Crippen molar-refractivity contribution in [2.45, 2.75) is 4.90 Å². The second kappa shape index (κ2) is 7.54. The zero-order chi connectivity index (χ0) is 14.3. The number of ether oxygens (including phenoxy) is 1. The van der Waals surface area contributed by atoms with Gasteiger partial charge in [-0.3, -0.25) is 0 Å². The molecule has 5 nitrogen and oxygen atoms in total. The van der Waals surface area contributed by atoms with Gasteiger partial charge >= 0.3 is 0 Å². The molecule has 0 aliphatic heterocycles. The standard InChI is InChI=1S/C12H19FN2O3S/c1-15(2)8-10-18-9-7-14-19(16,17)12-5-3-11(13)4-6-12/h3-6,14H,7-10H2,1-2H3. The second-order valence-corrected chi connectivity index (χ2v) is 6.03. The van der Waals surface area contributed by atoms with Gasteiger partial charge in [-0.05, 0) is 38.4 Å². The van der Waals surface area contributed by atoms with Crippen LogP contribution >= 0.6 is 0 Å². The van der Waals surface area contributed by atoms with Crippen molar-refractivity contribution < 1.29 is 17.5 Å². The van der Waals surface area contributed by atoms with E-state index in [0.717, 1.165) is 18.7 Å². The first kappa shape index (κ1) is 16.0. The molecule has 0 fully saturated rings. The third kappa shape index (κ3) is 6.11. The van der Waals surface area contributed by atoms with Gasteiger partial charge in [-0.15, -0.1) is 0 Å². The van der Waals surface area contributed by atoms with Crippen molar-refractivity contribution in [3.63, 3.8) is 0 Å². The van der Waals surface area contributed by atoms with Gasteiger partial charge in [0.15, 0.2) is 0 Å². The average Bonchev–Trinajstić information content (AvgIpc) is 2.34. The normalized spacial score (nSPS) is 12.0. The van der Waals surface area contributed by atoms with E-state index in [4.69, 9.17) is 4.74 Å². The molecule has 0 aromatic heterocycles. The number of hydrogen-bond acceptors (Lipinski definition) is 4. The molecule has 0 unspecified atom stereocenters. The molecule has 19 heavy (non-hydrogen) atoms. The Labute approximate surface area is 113 Å². The molecule has 0 heterocycles. The number of sulfonamides is 1. The molecule has 0 radical (unpaired) electrons. The van der Waals surface area contributed by atoms with Crippen LogP contribution in [0.3, 0.4) is 0 Å². The molecule has 0 saturated carbocycles. The zero-order valence-electron chi connectivity index (χ0n) is 11.1. The van der Waals surface area contributed by atoms with E-state index < -0.39 is 15.8 Å². The van der Waals surface area contributed by atoms with Crippen LogP contribution in [0.5, 0.6) is 0 Å². The Balaban J connectivity index is 2.33. The summed E-state index contributed by atoms with van der Waals surface area (Å²) < 4.78 is 43.9. The van der Waals surface area contributed by atoms with Crippen LogP contribution in [0.15, 0.2) is 29.2 Å². The van der Waals surface area contributed by atoms with Crippen LogP contribution in [-0.4, -0.2) is 53.7 Å². The minimum absolute atomic E-state index is 0.0437. The van der Waals surface area contributed by atoms with Crippen molar-refractivity contribution >= 4 is 10.0 Å². The minimum Gasteiger partial charge on any atom is -0.379 e. The first-order chi connectivity index (χ1) is 8.92. The molecule has 0 aliphatic carbocycles. The number of nitrogens with zero attached hydrogens (tertiary/aromatic N) is 1. The van der Waals surface area contributed by atoms with Crippen molar-refractivity contribution in [1.29, 1.82) is 0 Å². The van der Waals surface area contributed by atoms with Gasteiger partial charge in [-0.1, -0.05) is 0 Å². The van der Waals surface area contributed by atoms with Gasteiger partial charge in [0.1, 0.15) is 5.82 Å². The van der Waals surface area contributed by atoms with Gasteiger partial charge in [0.25, 0.3) is 0 Å². The van der Waals surface area contributed by atoms with E-state index in [1.807, 2.05) is 19.0 Å². The Hall–Kier alpha value is -1.02. The molecule has 0 amide bonds. The molecule has 1 rings (SSSR count). The van der Waals surface area contributed by atoms with E-state index in [0.29, 0.717) is 13.2 Å². The Morgan fingerprint density at radius 3 is 2.42 bits per heavy atom. The van der Waals surface area contributed by atoms with Crippen molar-refractivity contribution in [3.8, 4) is 0 Å². The molecule has 1 aromatic carbocycles. The first-order valence-corrected chi connectivity index (χ1v) is 7.38. The number of nitrogens with one attached hydrogen (secondary N) is 1. The van der Waals surface area contributed by atoms with Crippen LogP contribution < -0.4 is 4.72 Å². The van der Waals surface area contributed by atoms with Crippen LogP contribution in [0.2, 0.25) is 0 Å². The Morgan fingerprint density at radius 1 is 1.21 bits per heavy atom. The highest BCUT2D eigenvalue weighted by molar-refractivity contribution is 7.89. The Morgan fingerprint density at radius 2 is 1.84 bits per heavy atom. The first-order valence-electron chi connectivity index (χ1n) is 5.89. The summed E-state index contributed by atoms with van der Waals surface area (Å²) in [5.74, 6) is -0.467. The highest BCUT2D eigenvalue weighted by Gasteiger charge is 2.12. The van der Waals surface area contributed by atoms with Crippen molar-refractivity contribution in [2.24, 2.45) is 0 Å². The SMILES string of the molecule is CN(C)CCOCCNS(=O)(=O)c1ccc(F)cc1. The molecule has 0 aliphatic rings. The highest BCUT2D eigenvalue weighted by atomic mass is 32.2. The summed E-state index contributed by atoms with van der Waals surface area (Å²) in [6, 6.07) is 4.68. The summed E-state index contributed by atoms with van der Waals surface area (Å²) in [4.78, 5) is 2.02. The van der Waals surface area contributed by atoms with Crippen molar-refractivity contribution in [3.05, 3.63) is 30.1 Å². The third-order valence-corrected chi connectivity index (χ3v) is 3.82. The van der Waals surface area contributed by atoms with E-state index in [1.165, 1.54) is 12.1 Å². The predicted octanol–water partition coefficient (Wildman–Crippen LogP) is 0.682. The van der Waals surface area contributed by atoms with Crippen molar-refractivity contribution in [1.82, 2.24) is 9.62 Å². The Kier molecular flexibility index (Phi) is 6.36. The maximum absolute atomic E-state index is 12.7. The fraction of sp³-hybridized carbons (Fsp3) is 0.500. The highest BCUT2D eigenvalue weighted by Crippen LogP contribution is 2.08. The van der Waals surface area contributed by atoms with Crippen LogP contribution in [0.4, 0.5) is 4.39 Å². The van der Waals surface area contributed by atoms with Gasteiger partial charge in [0.05, 0.1) is 18.1 Å². The quantitative estimate of drug-likeness (QED) is 0.715. The lowest BCUT2D eigenvalue weighted by Crippen LogP contribution is -2.28. The summed E-state index contributed by atoms with van der Waals surface area (Å²) >= 11 is 0. The number of benzene rings is 1. The molecule has 0 bridgehead atoms. The van der Waals surface area contributed by atoms with E-state index >= 15 is 0 Å². The second-order valence-electron chi connectivity index (χ2n) is 4.27. The van der Waals surface area contributed by atoms with Crippen LogP contribution in [0.25, 0.3) is 0 Å². The van der Waals surface area contributed by atoms with E-state index in [-0.39, 0.29) is 11.4 Å². The van der Waals surface area contributed by atoms with Crippen LogP contribution in [0.1, 0.15) is 0 Å².